The van der Waals surface area contributed by atoms with Crippen molar-refractivity contribution in [1.29, 1.82) is 5.26 Å². The molecule has 0 bridgehead atoms. The Labute approximate surface area is 118 Å². The number of hydrogen-bond acceptors (Lipinski definition) is 1. The molecule has 106 valence electrons. The monoisotopic (exact) mass is 275 g/mol. The number of benzene rings is 1. The van der Waals surface area contributed by atoms with Gasteiger partial charge >= 0.3 is 0 Å². The summed E-state index contributed by atoms with van der Waals surface area (Å²) in [5.41, 5.74) is 4.03. The molecular weight excluding hydrogens is 256 g/mol. The molecule has 0 heterocycles. The van der Waals surface area contributed by atoms with E-state index in [1.807, 2.05) is 13.8 Å². The van der Waals surface area contributed by atoms with Crippen molar-refractivity contribution < 1.29 is 8.78 Å². The molecule has 1 aliphatic rings. The highest BCUT2D eigenvalue weighted by atomic mass is 19.3. The fourth-order valence-electron chi connectivity index (χ4n) is 3.21. The Morgan fingerprint density at radius 3 is 2.15 bits per heavy atom. The van der Waals surface area contributed by atoms with Gasteiger partial charge in [0.2, 0.25) is 0 Å². The molecule has 1 aromatic rings. The maximum absolute atomic E-state index is 12.3. The summed E-state index contributed by atoms with van der Waals surface area (Å²) in [4.78, 5) is 0. The van der Waals surface area contributed by atoms with Crippen molar-refractivity contribution in [2.45, 2.75) is 45.4 Å². The lowest BCUT2D eigenvalue weighted by Crippen LogP contribution is -2.12. The van der Waals surface area contributed by atoms with Crippen molar-refractivity contribution in [3.8, 4) is 6.07 Å². The highest BCUT2D eigenvalue weighted by Gasteiger charge is 2.22. The van der Waals surface area contributed by atoms with Crippen molar-refractivity contribution in [1.82, 2.24) is 0 Å². The molecule has 0 radical (unpaired) electrons. The van der Waals surface area contributed by atoms with Crippen LogP contribution < -0.4 is 0 Å². The smallest absolute Gasteiger partial charge is 0.192 e. The zero-order valence-corrected chi connectivity index (χ0v) is 11.9. The van der Waals surface area contributed by atoms with Crippen LogP contribution in [0.15, 0.2) is 24.3 Å². The van der Waals surface area contributed by atoms with Crippen LogP contribution in [-0.4, -0.2) is 0 Å². The van der Waals surface area contributed by atoms with Gasteiger partial charge in [-0.3, -0.25) is 0 Å². The lowest BCUT2D eigenvalue weighted by Gasteiger charge is -2.27. The molecule has 0 amide bonds. The van der Waals surface area contributed by atoms with Crippen molar-refractivity contribution in [2.75, 3.05) is 0 Å². The van der Waals surface area contributed by atoms with E-state index in [9.17, 15) is 8.78 Å². The summed E-state index contributed by atoms with van der Waals surface area (Å²) < 4.78 is 24.5. The van der Waals surface area contributed by atoms with E-state index in [1.165, 1.54) is 5.56 Å². The Morgan fingerprint density at radius 2 is 1.70 bits per heavy atom. The molecule has 0 N–H and O–H groups in total. The van der Waals surface area contributed by atoms with E-state index in [0.717, 1.165) is 48.4 Å². The van der Waals surface area contributed by atoms with Crippen LogP contribution in [0.5, 0.6) is 0 Å². The van der Waals surface area contributed by atoms with Gasteiger partial charge in [0.25, 0.3) is 6.08 Å². The van der Waals surface area contributed by atoms with E-state index in [-0.39, 0.29) is 5.92 Å². The molecule has 1 nitrogen and oxygen atoms in total. The highest BCUT2D eigenvalue weighted by molar-refractivity contribution is 5.46. The van der Waals surface area contributed by atoms with E-state index >= 15 is 0 Å². The summed E-state index contributed by atoms with van der Waals surface area (Å²) in [6.45, 7) is 3.92. The summed E-state index contributed by atoms with van der Waals surface area (Å²) in [6.07, 6.45) is 3.07. The van der Waals surface area contributed by atoms with Gasteiger partial charge in [-0.2, -0.15) is 14.0 Å². The van der Waals surface area contributed by atoms with Crippen LogP contribution in [-0.2, 0) is 0 Å². The van der Waals surface area contributed by atoms with Crippen LogP contribution in [0, 0.1) is 31.1 Å². The molecule has 3 heteroatoms. The summed E-state index contributed by atoms with van der Waals surface area (Å²) in [6, 6.07) is 6.40. The first-order valence-electron chi connectivity index (χ1n) is 7.05. The molecule has 0 saturated heterocycles. The van der Waals surface area contributed by atoms with Crippen molar-refractivity contribution in [3.05, 3.63) is 46.5 Å². The van der Waals surface area contributed by atoms with E-state index < -0.39 is 6.08 Å². The van der Waals surface area contributed by atoms with Crippen LogP contribution >= 0.6 is 0 Å². The van der Waals surface area contributed by atoms with Gasteiger partial charge in [-0.1, -0.05) is 12.1 Å². The van der Waals surface area contributed by atoms with Crippen LogP contribution in [0.25, 0.3) is 0 Å². The van der Waals surface area contributed by atoms with E-state index in [0.29, 0.717) is 5.92 Å². The maximum atomic E-state index is 12.3. The molecule has 0 aliphatic heterocycles. The summed E-state index contributed by atoms with van der Waals surface area (Å²) in [5.74, 6) is 0.462. The SMILES string of the molecule is Cc1cc(C2CCC(C=C(F)F)CC2)cc(C)c1C#N. The molecule has 0 atom stereocenters. The predicted molar refractivity (Wildman–Crippen MR) is 75.6 cm³/mol. The normalized spacial score (nSPS) is 22.1. The van der Waals surface area contributed by atoms with E-state index in [4.69, 9.17) is 5.26 Å². The van der Waals surface area contributed by atoms with Gasteiger partial charge in [-0.15, -0.1) is 0 Å². The molecular formula is C17H19F2N. The summed E-state index contributed by atoms with van der Waals surface area (Å²) in [7, 11) is 0. The number of nitrogens with zero attached hydrogens (tertiary/aromatic N) is 1. The van der Waals surface area contributed by atoms with Crippen LogP contribution in [0.3, 0.4) is 0 Å². The van der Waals surface area contributed by atoms with Crippen LogP contribution in [0.2, 0.25) is 0 Å². The van der Waals surface area contributed by atoms with Gasteiger partial charge in [-0.05, 0) is 74.1 Å². The first-order chi connectivity index (χ1) is 9.51. The van der Waals surface area contributed by atoms with Gasteiger partial charge in [0.05, 0.1) is 11.6 Å². The first kappa shape index (κ1) is 14.7. The third kappa shape index (κ3) is 3.25. The Morgan fingerprint density at radius 1 is 1.15 bits per heavy atom. The molecule has 0 unspecified atom stereocenters. The molecule has 20 heavy (non-hydrogen) atoms. The van der Waals surface area contributed by atoms with Gasteiger partial charge < -0.3 is 0 Å². The average Bonchev–Trinajstić information content (AvgIpc) is 2.38. The topological polar surface area (TPSA) is 23.8 Å². The highest BCUT2D eigenvalue weighted by Crippen LogP contribution is 2.37. The van der Waals surface area contributed by atoms with Gasteiger partial charge in [0.1, 0.15) is 0 Å². The van der Waals surface area contributed by atoms with Crippen molar-refractivity contribution >= 4 is 0 Å². The van der Waals surface area contributed by atoms with Gasteiger partial charge in [0.15, 0.2) is 0 Å². The molecule has 2 rings (SSSR count). The number of nitriles is 1. The van der Waals surface area contributed by atoms with Crippen LogP contribution in [0.1, 0.15) is 53.9 Å². The summed E-state index contributed by atoms with van der Waals surface area (Å²) >= 11 is 0. The minimum absolute atomic E-state index is 0.0248. The molecule has 1 saturated carbocycles. The second-order valence-electron chi connectivity index (χ2n) is 5.71. The fourth-order valence-corrected chi connectivity index (χ4v) is 3.21. The maximum Gasteiger partial charge on any atom is 0.266 e. The Balaban J connectivity index is 2.12. The number of rotatable bonds is 2. The second kappa shape index (κ2) is 6.17. The molecule has 0 aromatic heterocycles. The quantitative estimate of drug-likeness (QED) is 0.725. The summed E-state index contributed by atoms with van der Waals surface area (Å²) in [5, 5.41) is 9.09. The zero-order valence-electron chi connectivity index (χ0n) is 11.9. The molecule has 1 aliphatic carbocycles. The van der Waals surface area contributed by atoms with E-state index in [2.05, 4.69) is 18.2 Å². The minimum atomic E-state index is -1.56. The number of halogens is 2. The number of hydrogen-bond donors (Lipinski definition) is 0. The minimum Gasteiger partial charge on any atom is -0.192 e. The van der Waals surface area contributed by atoms with E-state index in [1.54, 1.807) is 0 Å². The largest absolute Gasteiger partial charge is 0.266 e. The Bertz CT molecular complexity index is 534. The molecule has 0 spiro atoms. The standard InChI is InChI=1S/C17H19F2N/c1-11-7-15(8-12(2)16(11)10-20)14-5-3-13(4-6-14)9-17(18)19/h7-9,13-14H,3-6H2,1-2H3. The molecule has 1 fully saturated rings. The third-order valence-corrected chi connectivity index (χ3v) is 4.27. The molecule has 1 aromatic carbocycles. The second-order valence-corrected chi connectivity index (χ2v) is 5.71. The lowest BCUT2D eigenvalue weighted by atomic mass is 9.78. The average molecular weight is 275 g/mol. The zero-order chi connectivity index (χ0) is 14.7. The van der Waals surface area contributed by atoms with Gasteiger partial charge in [-0.25, -0.2) is 0 Å². The fraction of sp³-hybridized carbons (Fsp3) is 0.471. The van der Waals surface area contributed by atoms with Crippen molar-refractivity contribution in [2.24, 2.45) is 5.92 Å². The predicted octanol–water partition coefficient (Wildman–Crippen LogP) is 5.23. The number of aryl methyl sites for hydroxylation is 2. The number of allylic oxidation sites excluding steroid dienone is 1. The van der Waals surface area contributed by atoms with Gasteiger partial charge in [0, 0.05) is 0 Å². The first-order valence-corrected chi connectivity index (χ1v) is 7.05. The Hall–Kier alpha value is -1.69. The lowest BCUT2D eigenvalue weighted by molar-refractivity contribution is 0.351. The van der Waals surface area contributed by atoms with Crippen LogP contribution in [0.4, 0.5) is 8.78 Å². The third-order valence-electron chi connectivity index (χ3n) is 4.27. The Kier molecular flexibility index (Phi) is 4.54. The van der Waals surface area contributed by atoms with Crippen molar-refractivity contribution in [3.63, 3.8) is 0 Å².